The zero-order valence-corrected chi connectivity index (χ0v) is 23.0. The molecule has 1 aromatic carbocycles. The third-order valence-electron chi connectivity index (χ3n) is 5.95. The molecule has 5 rings (SSSR count). The molecule has 0 amide bonds. The van der Waals surface area contributed by atoms with E-state index in [9.17, 15) is 14.4 Å². The Kier molecular flexibility index (Phi) is 7.00. The van der Waals surface area contributed by atoms with Crippen LogP contribution in [-0.4, -0.2) is 72.0 Å². The summed E-state index contributed by atoms with van der Waals surface area (Å²) in [5, 5.41) is 8.75. The molecule has 4 atom stereocenters. The number of fused-ring (bicyclic) bond motifs is 3. The number of halogens is 1. The highest BCUT2D eigenvalue weighted by Crippen LogP contribution is 2.36. The van der Waals surface area contributed by atoms with Gasteiger partial charge in [-0.25, -0.2) is 9.97 Å². The van der Waals surface area contributed by atoms with Crippen LogP contribution < -0.4 is 0 Å². The SMILES string of the molecule is CC(=O)OC[C@H]1O[C@@H](n2cnc3c2nc(I)n2c(-c4ccc(C)cc4)nnc32)[C@H](OC(C)=O)[C@@H]1OC(C)=O. The van der Waals surface area contributed by atoms with Gasteiger partial charge in [-0.3, -0.25) is 23.4 Å². The zero-order valence-electron chi connectivity index (χ0n) is 20.8. The molecule has 0 spiro atoms. The lowest BCUT2D eigenvalue weighted by Gasteiger charge is -2.23. The van der Waals surface area contributed by atoms with Crippen LogP contribution in [0.5, 0.6) is 0 Å². The lowest BCUT2D eigenvalue weighted by Crippen LogP contribution is -2.40. The Morgan fingerprint density at radius 2 is 1.66 bits per heavy atom. The van der Waals surface area contributed by atoms with Gasteiger partial charge in [0.15, 0.2) is 44.9 Å². The molecule has 4 aromatic rings. The van der Waals surface area contributed by atoms with Gasteiger partial charge in [-0.05, 0) is 6.92 Å². The molecule has 0 N–H and O–H groups in total. The lowest BCUT2D eigenvalue weighted by atomic mass is 10.1. The molecule has 4 heterocycles. The van der Waals surface area contributed by atoms with Crippen molar-refractivity contribution in [2.24, 2.45) is 0 Å². The van der Waals surface area contributed by atoms with Crippen molar-refractivity contribution < 1.29 is 33.3 Å². The number of nitrogens with zero attached hydrogens (tertiary/aromatic N) is 6. The van der Waals surface area contributed by atoms with Crippen molar-refractivity contribution in [1.82, 2.24) is 29.1 Å². The molecular formula is C24H23IN6O7. The average molecular weight is 634 g/mol. The topological polar surface area (TPSA) is 149 Å². The largest absolute Gasteiger partial charge is 0.463 e. The second kappa shape index (κ2) is 10.2. The number of imidazole rings is 1. The molecule has 1 aliphatic heterocycles. The van der Waals surface area contributed by atoms with Crippen molar-refractivity contribution in [2.45, 2.75) is 52.2 Å². The van der Waals surface area contributed by atoms with Crippen LogP contribution in [-0.2, 0) is 33.3 Å². The molecular weight excluding hydrogens is 611 g/mol. The molecule has 0 unspecified atom stereocenters. The van der Waals surface area contributed by atoms with E-state index in [1.54, 1.807) is 8.97 Å². The van der Waals surface area contributed by atoms with E-state index >= 15 is 0 Å². The summed E-state index contributed by atoms with van der Waals surface area (Å²) in [4.78, 5) is 44.6. The minimum Gasteiger partial charge on any atom is -0.463 e. The van der Waals surface area contributed by atoms with E-state index in [4.69, 9.17) is 23.9 Å². The molecule has 38 heavy (non-hydrogen) atoms. The predicted molar refractivity (Wildman–Crippen MR) is 139 cm³/mol. The van der Waals surface area contributed by atoms with Gasteiger partial charge in [0, 0.05) is 48.9 Å². The molecule has 1 saturated heterocycles. The highest BCUT2D eigenvalue weighted by molar-refractivity contribution is 14.1. The minimum absolute atomic E-state index is 0.215. The number of hydrogen-bond acceptors (Lipinski definition) is 11. The summed E-state index contributed by atoms with van der Waals surface area (Å²) in [5.41, 5.74) is 3.29. The number of carbonyl (C=O) groups is 3. The quantitative estimate of drug-likeness (QED) is 0.133. The number of rotatable bonds is 6. The van der Waals surface area contributed by atoms with E-state index in [0.717, 1.165) is 11.1 Å². The summed E-state index contributed by atoms with van der Waals surface area (Å²) in [7, 11) is 0. The van der Waals surface area contributed by atoms with Crippen LogP contribution >= 0.6 is 22.6 Å². The number of ether oxygens (including phenoxy) is 4. The van der Waals surface area contributed by atoms with E-state index in [1.807, 2.05) is 31.2 Å². The van der Waals surface area contributed by atoms with Crippen LogP contribution in [0.1, 0.15) is 32.6 Å². The summed E-state index contributed by atoms with van der Waals surface area (Å²) >= 11 is 2.09. The van der Waals surface area contributed by atoms with Gasteiger partial charge in [0.05, 0.1) is 6.33 Å². The first-order valence-electron chi connectivity index (χ1n) is 11.6. The highest BCUT2D eigenvalue weighted by Gasteiger charge is 2.51. The summed E-state index contributed by atoms with van der Waals surface area (Å²) in [6, 6.07) is 7.89. The van der Waals surface area contributed by atoms with Gasteiger partial charge < -0.3 is 18.9 Å². The van der Waals surface area contributed by atoms with Crippen LogP contribution in [0, 0.1) is 10.8 Å². The minimum atomic E-state index is -1.06. The van der Waals surface area contributed by atoms with Crippen LogP contribution in [0.4, 0.5) is 0 Å². The van der Waals surface area contributed by atoms with Crippen LogP contribution in [0.25, 0.3) is 28.2 Å². The van der Waals surface area contributed by atoms with E-state index in [0.29, 0.717) is 26.5 Å². The van der Waals surface area contributed by atoms with E-state index in [2.05, 4.69) is 37.8 Å². The van der Waals surface area contributed by atoms with Gasteiger partial charge in [0.1, 0.15) is 12.7 Å². The summed E-state index contributed by atoms with van der Waals surface area (Å²) in [5.74, 6) is -1.14. The number of esters is 3. The number of aryl methyl sites for hydroxylation is 1. The third-order valence-corrected chi connectivity index (χ3v) is 6.67. The van der Waals surface area contributed by atoms with Gasteiger partial charge in [0.2, 0.25) is 0 Å². The maximum Gasteiger partial charge on any atom is 0.303 e. The van der Waals surface area contributed by atoms with Crippen LogP contribution in [0.2, 0.25) is 0 Å². The fourth-order valence-electron chi connectivity index (χ4n) is 4.37. The molecule has 198 valence electrons. The average Bonchev–Trinajstić information content (AvgIpc) is 3.54. The van der Waals surface area contributed by atoms with E-state index in [1.165, 1.54) is 27.1 Å². The Balaban J connectivity index is 1.60. The predicted octanol–water partition coefficient (Wildman–Crippen LogP) is 2.38. The van der Waals surface area contributed by atoms with Crippen molar-refractivity contribution in [2.75, 3.05) is 6.61 Å². The molecule has 0 aliphatic carbocycles. The van der Waals surface area contributed by atoms with Crippen molar-refractivity contribution in [3.63, 3.8) is 0 Å². The Morgan fingerprint density at radius 3 is 2.32 bits per heavy atom. The number of benzene rings is 1. The molecule has 14 heteroatoms. The fraction of sp³-hybridized carbons (Fsp3) is 0.375. The monoisotopic (exact) mass is 634 g/mol. The first-order valence-corrected chi connectivity index (χ1v) is 12.7. The van der Waals surface area contributed by atoms with Gasteiger partial charge in [0.25, 0.3) is 0 Å². The number of hydrogen-bond donors (Lipinski definition) is 0. The summed E-state index contributed by atoms with van der Waals surface area (Å²) < 4.78 is 26.2. The highest BCUT2D eigenvalue weighted by atomic mass is 127. The Bertz CT molecular complexity index is 1550. The standard InChI is InChI=1S/C24H23IN6O7/c1-11-5-7-15(8-6-11)20-28-29-22-17-21(27-24(25)31(20)22)30(10-26-17)23-19(37-14(4)34)18(36-13(3)33)16(38-23)9-35-12(2)32/h5-8,10,16,18-19,23H,9H2,1-4H3/t16-,18-,19-,23-/m1/s1. The second-order valence-corrected chi connectivity index (χ2v) is 9.73. The molecule has 0 radical (unpaired) electrons. The van der Waals surface area contributed by atoms with Crippen molar-refractivity contribution in [1.29, 1.82) is 0 Å². The zero-order chi connectivity index (χ0) is 27.1. The maximum absolute atomic E-state index is 12.0. The summed E-state index contributed by atoms with van der Waals surface area (Å²) in [6.07, 6.45) is -2.51. The Hall–Kier alpha value is -3.66. The van der Waals surface area contributed by atoms with E-state index in [-0.39, 0.29) is 6.61 Å². The van der Waals surface area contributed by atoms with Crippen molar-refractivity contribution in [3.05, 3.63) is 40.0 Å². The Morgan fingerprint density at radius 1 is 0.974 bits per heavy atom. The lowest BCUT2D eigenvalue weighted by molar-refractivity contribution is -0.166. The molecule has 3 aromatic heterocycles. The van der Waals surface area contributed by atoms with Gasteiger partial charge in [-0.15, -0.1) is 10.2 Å². The fourth-order valence-corrected chi connectivity index (χ4v) is 5.05. The van der Waals surface area contributed by atoms with Crippen molar-refractivity contribution in [3.8, 4) is 11.4 Å². The molecule has 13 nitrogen and oxygen atoms in total. The molecule has 1 fully saturated rings. The van der Waals surface area contributed by atoms with Crippen LogP contribution in [0.3, 0.4) is 0 Å². The first-order chi connectivity index (χ1) is 18.1. The van der Waals surface area contributed by atoms with Gasteiger partial charge in [-0.1, -0.05) is 29.8 Å². The van der Waals surface area contributed by atoms with Gasteiger partial charge >= 0.3 is 17.9 Å². The number of carbonyl (C=O) groups excluding carboxylic acids is 3. The summed E-state index contributed by atoms with van der Waals surface area (Å²) in [6.45, 7) is 5.50. The molecule has 1 aliphatic rings. The van der Waals surface area contributed by atoms with E-state index < -0.39 is 42.4 Å². The molecule has 0 saturated carbocycles. The Labute approximate surface area is 229 Å². The smallest absolute Gasteiger partial charge is 0.303 e. The molecule has 0 bridgehead atoms. The van der Waals surface area contributed by atoms with Gasteiger partial charge in [-0.2, -0.15) is 0 Å². The third kappa shape index (κ3) is 4.80. The second-order valence-electron chi connectivity index (χ2n) is 8.77. The number of aromatic nitrogens is 6. The van der Waals surface area contributed by atoms with Crippen molar-refractivity contribution >= 4 is 57.3 Å². The van der Waals surface area contributed by atoms with Crippen LogP contribution in [0.15, 0.2) is 30.6 Å². The first kappa shape index (κ1) is 26.0. The maximum atomic E-state index is 12.0. The normalized spacial score (nSPS) is 21.1.